The molecule has 21 heavy (non-hydrogen) atoms. The normalized spacial score (nSPS) is 10.3. The van der Waals surface area contributed by atoms with Crippen molar-refractivity contribution in [3.63, 3.8) is 0 Å². The number of para-hydroxylation sites is 1. The fraction of sp³-hybridized carbons (Fsp3) is 0.0714. The number of hydrogen-bond donors (Lipinski definition) is 2. The highest BCUT2D eigenvalue weighted by atomic mass is 35.5. The van der Waals surface area contributed by atoms with Crippen LogP contribution in [0.15, 0.2) is 36.4 Å². The molecule has 2 rings (SSSR count). The first kappa shape index (κ1) is 16.2. The first-order valence-electron chi connectivity index (χ1n) is 5.90. The fourth-order valence-corrected chi connectivity index (χ4v) is 2.39. The van der Waals surface area contributed by atoms with Gasteiger partial charge in [-0.1, -0.05) is 58.5 Å². The average Bonchev–Trinajstić information content (AvgIpc) is 2.44. The van der Waals surface area contributed by atoms with Crippen LogP contribution in [0.1, 0.15) is 0 Å². The monoisotopic (exact) mass is 362 g/mol. The lowest BCUT2D eigenvalue weighted by Gasteiger charge is -2.11. The fourth-order valence-electron chi connectivity index (χ4n) is 1.59. The molecule has 7 heteroatoms. The second-order valence-corrected chi connectivity index (χ2v) is 5.76. The van der Waals surface area contributed by atoms with E-state index >= 15 is 0 Å². The summed E-state index contributed by atoms with van der Waals surface area (Å²) in [5, 5.41) is 7.08. The van der Waals surface area contributed by atoms with Gasteiger partial charge in [-0.05, 0) is 24.3 Å². The van der Waals surface area contributed by atoms with E-state index in [1.165, 1.54) is 12.1 Å². The van der Waals surface area contributed by atoms with Crippen molar-refractivity contribution in [2.45, 2.75) is 0 Å². The molecule has 0 aliphatic rings. The summed E-state index contributed by atoms with van der Waals surface area (Å²) >= 11 is 23.7. The first-order chi connectivity index (χ1) is 9.97. The molecule has 0 aliphatic heterocycles. The van der Waals surface area contributed by atoms with E-state index < -0.39 is 0 Å². The Labute approximate surface area is 142 Å². The van der Waals surface area contributed by atoms with Crippen LogP contribution in [0.3, 0.4) is 0 Å². The van der Waals surface area contributed by atoms with Gasteiger partial charge in [0, 0.05) is 0 Å². The van der Waals surface area contributed by atoms with Gasteiger partial charge >= 0.3 is 0 Å². The van der Waals surface area contributed by atoms with Crippen LogP contribution in [0, 0.1) is 0 Å². The molecule has 3 nitrogen and oxygen atoms in total. The first-order valence-corrected chi connectivity index (χ1v) is 7.41. The van der Waals surface area contributed by atoms with Crippen molar-refractivity contribution in [3.8, 4) is 0 Å². The van der Waals surface area contributed by atoms with Gasteiger partial charge in [0.25, 0.3) is 0 Å². The van der Waals surface area contributed by atoms with Crippen molar-refractivity contribution in [2.75, 3.05) is 17.2 Å². The van der Waals surface area contributed by atoms with Gasteiger partial charge in [-0.2, -0.15) is 0 Å². The molecule has 0 heterocycles. The number of carbonyl (C=O) groups excluding carboxylic acids is 1. The highest BCUT2D eigenvalue weighted by Gasteiger charge is 2.09. The number of carbonyl (C=O) groups is 1. The summed E-state index contributed by atoms with van der Waals surface area (Å²) in [4.78, 5) is 11.9. The lowest BCUT2D eigenvalue weighted by atomic mass is 10.3. The van der Waals surface area contributed by atoms with Gasteiger partial charge < -0.3 is 10.6 Å². The average molecular weight is 364 g/mol. The second kappa shape index (κ2) is 7.23. The lowest BCUT2D eigenvalue weighted by molar-refractivity contribution is -0.114. The zero-order valence-corrected chi connectivity index (χ0v) is 13.6. The van der Waals surface area contributed by atoms with E-state index in [0.29, 0.717) is 31.5 Å². The van der Waals surface area contributed by atoms with Crippen LogP contribution in [0.5, 0.6) is 0 Å². The largest absolute Gasteiger partial charge is 0.375 e. The molecule has 0 aliphatic carbocycles. The van der Waals surface area contributed by atoms with Gasteiger partial charge in [-0.3, -0.25) is 4.79 Å². The van der Waals surface area contributed by atoms with Crippen molar-refractivity contribution in [2.24, 2.45) is 0 Å². The summed E-state index contributed by atoms with van der Waals surface area (Å²) in [6, 6.07) is 10.1. The second-order valence-electron chi connectivity index (χ2n) is 4.13. The van der Waals surface area contributed by atoms with Gasteiger partial charge in [0.05, 0.1) is 38.0 Å². The summed E-state index contributed by atoms with van der Waals surface area (Å²) in [5.41, 5.74) is 1.08. The molecule has 2 N–H and O–H groups in total. The summed E-state index contributed by atoms with van der Waals surface area (Å²) in [5.74, 6) is -0.282. The Hall–Kier alpha value is -1.13. The number of amides is 1. The molecule has 2 aromatic rings. The molecule has 0 bridgehead atoms. The highest BCUT2D eigenvalue weighted by Crippen LogP contribution is 2.32. The molecule has 0 fully saturated rings. The van der Waals surface area contributed by atoms with Crippen LogP contribution in [0.25, 0.3) is 0 Å². The molecule has 0 atom stereocenters. The summed E-state index contributed by atoms with van der Waals surface area (Å²) < 4.78 is 0. The quantitative estimate of drug-likeness (QED) is 0.718. The van der Waals surface area contributed by atoms with E-state index in [0.717, 1.165) is 0 Å². The molecule has 0 unspecified atom stereocenters. The Morgan fingerprint density at radius 1 is 0.857 bits per heavy atom. The van der Waals surface area contributed by atoms with Crippen molar-refractivity contribution >= 4 is 63.7 Å². The van der Waals surface area contributed by atoms with Crippen LogP contribution < -0.4 is 10.6 Å². The molecule has 0 radical (unpaired) electrons. The minimum absolute atomic E-state index is 0.0420. The van der Waals surface area contributed by atoms with Crippen LogP contribution >= 0.6 is 46.4 Å². The molecular formula is C14H10Cl4N2O. The zero-order chi connectivity index (χ0) is 15.4. The maximum Gasteiger partial charge on any atom is 0.243 e. The number of rotatable bonds is 4. The lowest BCUT2D eigenvalue weighted by Crippen LogP contribution is -2.22. The zero-order valence-electron chi connectivity index (χ0n) is 10.6. The van der Waals surface area contributed by atoms with E-state index in [9.17, 15) is 4.79 Å². The van der Waals surface area contributed by atoms with Crippen molar-refractivity contribution in [1.82, 2.24) is 0 Å². The van der Waals surface area contributed by atoms with E-state index in [4.69, 9.17) is 46.4 Å². The summed E-state index contributed by atoms with van der Waals surface area (Å²) in [6.45, 7) is 0.0420. The number of benzene rings is 2. The van der Waals surface area contributed by atoms with Gasteiger partial charge in [0.15, 0.2) is 0 Å². The minimum atomic E-state index is -0.282. The predicted octanol–water partition coefficient (Wildman–Crippen LogP) is 5.35. The summed E-state index contributed by atoms with van der Waals surface area (Å²) in [6.07, 6.45) is 0. The van der Waals surface area contributed by atoms with Crippen LogP contribution in [-0.4, -0.2) is 12.5 Å². The topological polar surface area (TPSA) is 41.1 Å². The number of hydrogen-bond acceptors (Lipinski definition) is 2. The number of halogens is 4. The third kappa shape index (κ3) is 4.42. The van der Waals surface area contributed by atoms with Crippen LogP contribution in [0.2, 0.25) is 20.1 Å². The third-order valence-corrected chi connectivity index (χ3v) is 3.96. The minimum Gasteiger partial charge on any atom is -0.375 e. The van der Waals surface area contributed by atoms with Crippen molar-refractivity contribution in [3.05, 3.63) is 56.5 Å². The highest BCUT2D eigenvalue weighted by molar-refractivity contribution is 6.44. The number of anilines is 2. The molecule has 0 saturated heterocycles. The van der Waals surface area contributed by atoms with Crippen molar-refractivity contribution < 1.29 is 4.79 Å². The maximum absolute atomic E-state index is 11.9. The van der Waals surface area contributed by atoms with E-state index in [-0.39, 0.29) is 12.5 Å². The Morgan fingerprint density at radius 2 is 1.52 bits per heavy atom. The van der Waals surface area contributed by atoms with Gasteiger partial charge in [0.2, 0.25) is 5.91 Å². The molecular weight excluding hydrogens is 354 g/mol. The molecule has 0 spiro atoms. The third-order valence-electron chi connectivity index (χ3n) is 2.60. The predicted molar refractivity (Wildman–Crippen MR) is 90.0 cm³/mol. The van der Waals surface area contributed by atoms with Gasteiger partial charge in [-0.15, -0.1) is 0 Å². The van der Waals surface area contributed by atoms with Gasteiger partial charge in [0.1, 0.15) is 0 Å². The summed E-state index contributed by atoms with van der Waals surface area (Å²) in [7, 11) is 0. The molecule has 0 aromatic heterocycles. The van der Waals surface area contributed by atoms with Gasteiger partial charge in [-0.25, -0.2) is 0 Å². The van der Waals surface area contributed by atoms with Crippen LogP contribution in [-0.2, 0) is 4.79 Å². The Morgan fingerprint density at radius 3 is 2.24 bits per heavy atom. The standard InChI is InChI=1S/C14H10Cl4N2O/c15-8-3-1-2-4-12(8)19-7-14(21)20-13-6-10(17)9(16)5-11(13)18/h1-6,19H,7H2,(H,20,21). The number of nitrogens with one attached hydrogen (secondary N) is 2. The van der Waals surface area contributed by atoms with E-state index in [2.05, 4.69) is 10.6 Å². The van der Waals surface area contributed by atoms with E-state index in [1.54, 1.807) is 12.1 Å². The Bertz CT molecular complexity index is 676. The van der Waals surface area contributed by atoms with E-state index in [1.807, 2.05) is 12.1 Å². The Kier molecular flexibility index (Phi) is 5.59. The molecule has 0 saturated carbocycles. The molecule has 1 amide bonds. The SMILES string of the molecule is O=C(CNc1ccccc1Cl)Nc1cc(Cl)c(Cl)cc1Cl. The Balaban J connectivity index is 1.99. The molecule has 110 valence electrons. The smallest absolute Gasteiger partial charge is 0.243 e. The van der Waals surface area contributed by atoms with Crippen molar-refractivity contribution in [1.29, 1.82) is 0 Å². The maximum atomic E-state index is 11.9. The van der Waals surface area contributed by atoms with Crippen LogP contribution in [0.4, 0.5) is 11.4 Å². The molecule has 2 aromatic carbocycles.